The van der Waals surface area contributed by atoms with E-state index in [1.54, 1.807) is 64.9 Å². The minimum atomic E-state index is -10.7. The van der Waals surface area contributed by atoms with Crippen LogP contribution in [0.5, 0.6) is 23.0 Å². The normalized spacial score (nSPS) is 11.0. The van der Waals surface area contributed by atoms with Gasteiger partial charge in [-0.05, 0) is 219 Å². The molecule has 6 aromatic heterocycles. The summed E-state index contributed by atoms with van der Waals surface area (Å²) in [6, 6.07) is 55.3. The molecule has 6 heterocycles. The monoisotopic (exact) mass is 1600 g/mol. The molecular weight excluding hydrogens is 1520 g/mol. The number of aryl methyl sites for hydroxylation is 8. The maximum absolute atomic E-state index is 10.7. The summed E-state index contributed by atoms with van der Waals surface area (Å²) in [5.74, 6) is 3.46. The minimum Gasteiger partial charge on any atom is 2.00 e. The summed E-state index contributed by atoms with van der Waals surface area (Å²) in [5, 5.41) is 43.9. The van der Waals surface area contributed by atoms with E-state index in [-0.39, 0.29) is 16.8 Å². The molecule has 579 valence electrons. The predicted molar refractivity (Wildman–Crippen MR) is 402 cm³/mol. The first kappa shape index (κ1) is 97.4. The van der Waals surface area contributed by atoms with Crippen molar-refractivity contribution in [3.8, 4) is 149 Å². The van der Waals surface area contributed by atoms with E-state index < -0.39 is 15.6 Å². The number of hydrogen-bond donors (Lipinski definition) is 0. The van der Waals surface area contributed by atoms with E-state index in [4.69, 9.17) is 80.4 Å². The van der Waals surface area contributed by atoms with Crippen molar-refractivity contribution in [2.24, 2.45) is 0 Å². The van der Waals surface area contributed by atoms with E-state index in [0.29, 0.717) is 0 Å². The Kier molecular flexibility index (Phi) is 37.6. The van der Waals surface area contributed by atoms with Crippen molar-refractivity contribution in [2.45, 2.75) is 96.9 Å². The molecule has 10 aromatic rings. The Hall–Kier alpha value is -11.6. The summed E-state index contributed by atoms with van der Waals surface area (Å²) in [7, 11) is -14.5. The molecule has 0 aliphatic carbocycles. The molecule has 31 heteroatoms. The molecule has 0 atom stereocenters. The number of benzene rings is 4. The van der Waals surface area contributed by atoms with Crippen molar-refractivity contribution >= 4 is 15.6 Å². The van der Waals surface area contributed by atoms with Crippen LogP contribution in [0.25, 0.3) is 90.1 Å². The quantitative estimate of drug-likeness (QED) is 0.0813. The van der Waals surface area contributed by atoms with Gasteiger partial charge in [-0.3, -0.25) is 19.9 Å². The van der Waals surface area contributed by atoms with E-state index in [0.717, 1.165) is 135 Å². The maximum Gasteiger partial charge on any atom is 2.00 e. The summed E-state index contributed by atoms with van der Waals surface area (Å²) in [5.41, 5.74) is 24.8. The first-order valence-corrected chi connectivity index (χ1v) is 35.6. The fourth-order valence-electron chi connectivity index (χ4n) is 10.2. The Morgan fingerprint density at radius 3 is 0.514 bits per heavy atom. The Morgan fingerprint density at radius 2 is 0.404 bits per heavy atom. The van der Waals surface area contributed by atoms with Crippen molar-refractivity contribution in [3.05, 3.63) is 203 Å². The van der Waals surface area contributed by atoms with Crippen LogP contribution < -0.4 is 18.9 Å². The van der Waals surface area contributed by atoms with E-state index in [2.05, 4.69) is 128 Å². The second-order valence-corrected chi connectivity index (χ2v) is 26.2. The van der Waals surface area contributed by atoms with Crippen molar-refractivity contribution in [3.63, 3.8) is 0 Å². The molecule has 10 rings (SSSR count). The first-order chi connectivity index (χ1) is 50.1. The molecule has 0 saturated carbocycles. The number of halogens is 12. The van der Waals surface area contributed by atoms with Gasteiger partial charge in [0.2, 0.25) is 0 Å². The number of rotatable bonds is 12. The van der Waals surface area contributed by atoms with Crippen molar-refractivity contribution < 1.29 is 86.1 Å². The van der Waals surface area contributed by atoms with Crippen molar-refractivity contribution in [1.29, 1.82) is 31.6 Å². The van der Waals surface area contributed by atoms with Crippen LogP contribution in [0, 0.1) is 123 Å². The Morgan fingerprint density at radius 1 is 0.266 bits per heavy atom. The summed E-state index contributed by atoms with van der Waals surface area (Å²) in [4.78, 5) is 28.7. The number of nitrogens with zero attached hydrogens (tertiary/aromatic N) is 12. The van der Waals surface area contributed by atoms with E-state index >= 15 is 0 Å². The van der Waals surface area contributed by atoms with Crippen LogP contribution in [0.4, 0.5) is 50.4 Å². The molecule has 0 aliphatic heterocycles. The fraction of sp³-hybridized carbons (Fsp3) is 0.231. The molecule has 109 heavy (non-hydrogen) atoms. The van der Waals surface area contributed by atoms with Crippen LogP contribution in [-0.2, 0) is 16.8 Å². The molecule has 0 spiro atoms. The van der Waals surface area contributed by atoms with Crippen LogP contribution in [0.1, 0.15) is 86.1 Å². The second-order valence-electron chi connectivity index (χ2n) is 22.3. The smallest absolute Gasteiger partial charge is 2.00 e. The van der Waals surface area contributed by atoms with Crippen LogP contribution >= 0.6 is 15.6 Å². The molecular formula is C78H80CoF12N12O4P2. The zero-order valence-electron chi connectivity index (χ0n) is 62.8. The summed E-state index contributed by atoms with van der Waals surface area (Å²) in [6.45, 7) is 25.4. The topological polar surface area (TPSA) is 257 Å². The molecule has 0 fully saturated rings. The Labute approximate surface area is 637 Å². The Bertz CT molecular complexity index is 4200. The molecule has 0 unspecified atom stereocenters. The van der Waals surface area contributed by atoms with Crippen molar-refractivity contribution in [2.75, 3.05) is 28.4 Å². The van der Waals surface area contributed by atoms with Gasteiger partial charge in [0.25, 0.3) is 0 Å². The molecule has 0 amide bonds. The largest absolute Gasteiger partial charge is 2.00 e. The molecule has 0 saturated heterocycles. The molecule has 4 aromatic carbocycles. The minimum absolute atomic E-state index is 0. The van der Waals surface area contributed by atoms with Crippen LogP contribution in [0.2, 0.25) is 0 Å². The number of aromatic nitrogens is 6. The molecule has 0 N–H and O–H groups in total. The third-order valence-electron chi connectivity index (χ3n) is 13.7. The number of pyridine rings is 6. The molecule has 0 aliphatic rings. The van der Waals surface area contributed by atoms with E-state index in [1.807, 2.05) is 85.5 Å². The van der Waals surface area contributed by atoms with Crippen LogP contribution in [0.3, 0.4) is 0 Å². The number of ether oxygens (including phenoxy) is 4. The molecule has 16 nitrogen and oxygen atoms in total. The zero-order valence-corrected chi connectivity index (χ0v) is 65.6. The average Bonchev–Trinajstić information content (AvgIpc) is 0.802. The third kappa shape index (κ3) is 37.0. The molecule has 0 bridgehead atoms. The van der Waals surface area contributed by atoms with Crippen molar-refractivity contribution in [1.82, 2.24) is 29.9 Å². The third-order valence-corrected chi connectivity index (χ3v) is 13.7. The van der Waals surface area contributed by atoms with Gasteiger partial charge in [-0.2, -0.15) is 31.6 Å². The predicted octanol–water partition coefficient (Wildman–Crippen LogP) is 25.5. The summed E-state index contributed by atoms with van der Waals surface area (Å²) < 4.78 is 140. The summed E-state index contributed by atoms with van der Waals surface area (Å²) >= 11 is 0. The van der Waals surface area contributed by atoms with Gasteiger partial charge in [-0.25, -0.2) is 9.97 Å². The molecule has 1 radical (unpaired) electrons. The van der Waals surface area contributed by atoms with Crippen LogP contribution in [0.15, 0.2) is 158 Å². The second kappa shape index (κ2) is 42.1. The van der Waals surface area contributed by atoms with E-state index in [9.17, 15) is 50.4 Å². The maximum atomic E-state index is 9.87. The van der Waals surface area contributed by atoms with Gasteiger partial charge in [0.05, 0.1) is 110 Å². The van der Waals surface area contributed by atoms with Gasteiger partial charge in [-0.15, -0.1) is 0 Å². The average molecular weight is 1600 g/mol. The summed E-state index contributed by atoms with van der Waals surface area (Å²) in [6.07, 6.45) is 7.66. The van der Waals surface area contributed by atoms with Gasteiger partial charge >= 0.3 is 82.8 Å². The van der Waals surface area contributed by atoms with Crippen LogP contribution in [-0.4, -0.2) is 58.3 Å². The van der Waals surface area contributed by atoms with Gasteiger partial charge in [0.1, 0.15) is 23.0 Å². The number of methoxy groups -OCH3 is 4. The first-order valence-electron chi connectivity index (χ1n) is 31.5. The van der Waals surface area contributed by atoms with Gasteiger partial charge in [0, 0.05) is 88.6 Å². The van der Waals surface area contributed by atoms with Gasteiger partial charge in [-0.1, -0.05) is 36.4 Å². The fourth-order valence-corrected chi connectivity index (χ4v) is 10.2. The zero-order chi connectivity index (χ0) is 82.7. The Balaban J connectivity index is 0.00000153. The van der Waals surface area contributed by atoms with Gasteiger partial charge in [0.15, 0.2) is 0 Å². The van der Waals surface area contributed by atoms with Gasteiger partial charge < -0.3 is 18.9 Å². The number of hydrogen-bond acceptors (Lipinski definition) is 16. The standard InChI is InChI=1S/2C33H31N3O2.6C2H3N.Co.2F6P/c2*1-20-14-26(37-5)15-21(2)32(20)24-10-12-28(34-18-24)30-8-7-9-31(36-30)29-13-11-25(19-35-29)33-22(3)16-27(38-6)17-23(33)4;6*1-2-3;;2*1-7(2,3,4,5)6/h2*7-19H,1-6H3;6*1H3;;;/q;;;;;;;;+2;2*-1. The SMILES string of the molecule is CC#N.CC#N.CC#N.CC#N.CC#N.CC#N.COc1cc(C)c(-c2ccc(-c3cccc(-c4ccc(-c5c(C)cc(OC)cc5C)cn4)n3)nc2)c(C)c1.COc1cc(C)c(-c2ccc(-c3cccc(-c4ccc(-c5c(C)cc(OC)cc5C)cn4)n3)nc2)c(C)c1.F[P-](F)(F)(F)(F)F.F[P-](F)(F)(F)(F)F.[Co+2]. The number of nitriles is 6. The van der Waals surface area contributed by atoms with E-state index in [1.165, 1.54) is 63.8 Å².